The van der Waals surface area contributed by atoms with E-state index in [0.717, 1.165) is 61.7 Å². The number of Topliss-reactive ketones (excluding diaryl/α,β-unsaturated/α-hetero) is 2. The van der Waals surface area contributed by atoms with E-state index in [2.05, 4.69) is 109 Å². The first-order valence-corrected chi connectivity index (χ1v) is 28.1. The van der Waals surface area contributed by atoms with Crippen molar-refractivity contribution in [1.29, 1.82) is 0 Å². The Balaban J connectivity index is 1.74. The van der Waals surface area contributed by atoms with Crippen LogP contribution in [0.5, 0.6) is 0 Å². The highest BCUT2D eigenvalue weighted by Crippen LogP contribution is 2.39. The van der Waals surface area contributed by atoms with Gasteiger partial charge in [-0.05, 0) is 112 Å². The van der Waals surface area contributed by atoms with E-state index in [4.69, 9.17) is 8.23 Å². The Morgan fingerprint density at radius 3 is 1.28 bits per heavy atom. The average molecular weight is 829 g/mol. The Hall–Kier alpha value is -0.829. The van der Waals surface area contributed by atoms with Gasteiger partial charge >= 0.3 is 8.56 Å². The predicted molar refractivity (Wildman–Crippen MR) is 211 cm³/mol. The molecule has 0 bridgehead atoms. The fourth-order valence-corrected chi connectivity index (χ4v) is 22.7. The average Bonchev–Trinajstić information content (AvgIpc) is 2.96. The van der Waals surface area contributed by atoms with Crippen LogP contribution in [0.2, 0.25) is 51.4 Å². The first kappa shape index (κ1) is 42.3. The van der Waals surface area contributed by atoms with Crippen LogP contribution in [0.4, 0.5) is 0 Å². The fraction of sp³-hybridized carbons (Fsp3) is 0.667. The number of nitrogens with zero attached hydrogens (tertiary/aromatic N) is 2. The van der Waals surface area contributed by atoms with E-state index in [1.54, 1.807) is 24.8 Å². The Labute approximate surface area is 305 Å². The van der Waals surface area contributed by atoms with Crippen molar-refractivity contribution >= 4 is 68.6 Å². The number of rotatable bonds is 22. The minimum absolute atomic E-state index is 0.134. The quantitative estimate of drug-likeness (QED) is 0.0668. The van der Waals surface area contributed by atoms with Gasteiger partial charge in [-0.25, -0.2) is 0 Å². The third-order valence-electron chi connectivity index (χ3n) is 8.93. The number of halogens is 2. The number of hydrogen-bond donors (Lipinski definition) is 0. The van der Waals surface area contributed by atoms with Crippen LogP contribution < -0.4 is 0 Å². The van der Waals surface area contributed by atoms with Gasteiger partial charge in [0.05, 0.1) is 0 Å². The van der Waals surface area contributed by atoms with Crippen molar-refractivity contribution in [3.8, 4) is 0 Å². The second-order valence-corrected chi connectivity index (χ2v) is 30.7. The lowest BCUT2D eigenvalue weighted by Gasteiger charge is -2.39. The highest BCUT2D eigenvalue weighted by Gasteiger charge is 2.39. The smallest absolute Gasteiger partial charge is 0.311 e. The molecule has 0 saturated heterocycles. The van der Waals surface area contributed by atoms with Crippen LogP contribution >= 0.6 is 31.9 Å². The number of ketones is 2. The van der Waals surface area contributed by atoms with E-state index >= 15 is 0 Å². The number of aromatic nitrogens is 2. The number of hydrogen-bond acceptors (Lipinski definition) is 6. The van der Waals surface area contributed by atoms with Crippen LogP contribution in [-0.4, -0.2) is 46.7 Å². The molecule has 0 amide bonds. The summed E-state index contributed by atoms with van der Waals surface area (Å²) in [5, 5.41) is 0. The summed E-state index contributed by atoms with van der Waals surface area (Å²) in [5.74, 6) is 0.648. The molecule has 0 spiro atoms. The molecule has 2 aromatic rings. The molecule has 0 aliphatic carbocycles. The van der Waals surface area contributed by atoms with E-state index in [9.17, 15) is 9.59 Å². The summed E-state index contributed by atoms with van der Waals surface area (Å²) in [6.07, 6.45) is 13.7. The maximum atomic E-state index is 13.1. The third kappa shape index (κ3) is 15.7. The van der Waals surface area contributed by atoms with Crippen molar-refractivity contribution in [1.82, 2.24) is 9.97 Å². The highest BCUT2D eigenvalue weighted by atomic mass is 79.9. The summed E-state index contributed by atoms with van der Waals surface area (Å²) >= 11 is 7.56. The van der Waals surface area contributed by atoms with Gasteiger partial charge in [-0.15, -0.1) is 0 Å². The maximum Gasteiger partial charge on any atom is 0.311 e. The summed E-state index contributed by atoms with van der Waals surface area (Å²) in [6.45, 7) is 21.8. The van der Waals surface area contributed by atoms with Crippen molar-refractivity contribution in [2.45, 2.75) is 140 Å². The van der Waals surface area contributed by atoms with Gasteiger partial charge in [-0.1, -0.05) is 72.4 Å². The normalized spacial score (nSPS) is 14.6. The topological polar surface area (TPSA) is 78.4 Å². The van der Waals surface area contributed by atoms with Gasteiger partial charge in [0, 0.05) is 58.1 Å². The molecule has 2 unspecified atom stereocenters. The van der Waals surface area contributed by atoms with Crippen LogP contribution in [-0.2, 0) is 17.8 Å². The first-order valence-electron chi connectivity index (χ1n) is 17.2. The monoisotopic (exact) mass is 826 g/mol. The zero-order valence-electron chi connectivity index (χ0n) is 30.6. The molecule has 6 nitrogen and oxygen atoms in total. The summed E-state index contributed by atoms with van der Waals surface area (Å²) in [4.78, 5) is 34.8. The van der Waals surface area contributed by atoms with Gasteiger partial charge in [0.15, 0.2) is 16.6 Å². The van der Waals surface area contributed by atoms with E-state index in [-0.39, 0.29) is 20.5 Å². The Morgan fingerprint density at radius 2 is 0.957 bits per heavy atom. The van der Waals surface area contributed by atoms with Crippen LogP contribution in [0.1, 0.15) is 99.8 Å². The molecule has 0 aliphatic heterocycles. The lowest BCUT2D eigenvalue weighted by atomic mass is 9.80. The molecule has 2 rings (SSSR count). The Kier molecular flexibility index (Phi) is 16.6. The van der Waals surface area contributed by atoms with E-state index in [1.807, 2.05) is 24.3 Å². The van der Waals surface area contributed by atoms with Crippen molar-refractivity contribution in [3.05, 3.63) is 60.2 Å². The minimum Gasteiger partial charge on any atom is -0.437 e. The number of pyridine rings is 2. The molecule has 0 aliphatic rings. The molecule has 0 fully saturated rings. The summed E-state index contributed by atoms with van der Waals surface area (Å²) < 4.78 is 13.7. The molecule has 0 radical (unpaired) electrons. The standard InChI is InChI=1S/C36H60Br2N2O4Si3/c1-35(2,27-31(37)29-17-21-39-22-18-29)33(41)15-11-13-25-45(5,6)43-47(9,10)44-46(7,8)26-14-12-16-34(42)36(3,4)28-32(38)30-19-23-40-24-20-30/h17-24,31-32H,11-16,25-28H2,1-10H3. The molecule has 0 saturated carbocycles. The van der Waals surface area contributed by atoms with Crippen molar-refractivity contribution < 1.29 is 17.8 Å². The molecule has 2 aromatic heterocycles. The maximum absolute atomic E-state index is 13.1. The first-order chi connectivity index (χ1) is 21.6. The summed E-state index contributed by atoms with van der Waals surface area (Å²) in [7, 11) is -6.24. The zero-order valence-corrected chi connectivity index (χ0v) is 36.8. The lowest BCUT2D eigenvalue weighted by molar-refractivity contribution is -0.128. The fourth-order valence-electron chi connectivity index (χ4n) is 6.31. The van der Waals surface area contributed by atoms with Crippen LogP contribution in [0, 0.1) is 10.8 Å². The van der Waals surface area contributed by atoms with E-state index in [1.165, 1.54) is 0 Å². The van der Waals surface area contributed by atoms with Gasteiger partial charge in [0.1, 0.15) is 11.6 Å². The highest BCUT2D eigenvalue weighted by molar-refractivity contribution is 9.09. The second kappa shape index (κ2) is 18.4. The summed E-state index contributed by atoms with van der Waals surface area (Å²) in [5.41, 5.74) is 1.53. The minimum atomic E-state index is -2.33. The Morgan fingerprint density at radius 1 is 0.638 bits per heavy atom. The van der Waals surface area contributed by atoms with Crippen LogP contribution in [0.15, 0.2) is 49.1 Å². The van der Waals surface area contributed by atoms with Gasteiger partial charge in [0.25, 0.3) is 0 Å². The number of unbranched alkanes of at least 4 members (excludes halogenated alkanes) is 2. The third-order valence-corrected chi connectivity index (χ3v) is 22.1. The van der Waals surface area contributed by atoms with Crippen molar-refractivity contribution in [3.63, 3.8) is 0 Å². The molecule has 11 heteroatoms. The second-order valence-electron chi connectivity index (χ2n) is 16.1. The molecule has 2 heterocycles. The zero-order chi connectivity index (χ0) is 35.5. The van der Waals surface area contributed by atoms with Crippen LogP contribution in [0.25, 0.3) is 0 Å². The molecular formula is C36H60Br2N2O4Si3. The number of carbonyl (C=O) groups excluding carboxylic acids is 2. The molecular weight excluding hydrogens is 768 g/mol. The predicted octanol–water partition coefficient (Wildman–Crippen LogP) is 11.5. The van der Waals surface area contributed by atoms with Crippen molar-refractivity contribution in [2.24, 2.45) is 10.8 Å². The molecule has 0 N–H and O–H groups in total. The SMILES string of the molecule is CC(C)(CC(Br)c1ccncc1)C(=O)CCCC[Si](C)(C)O[Si](C)(C)O[Si](C)(C)CCCCC(=O)C(C)(C)CC(Br)c1ccncc1. The summed E-state index contributed by atoms with van der Waals surface area (Å²) in [6, 6.07) is 10.1. The van der Waals surface area contributed by atoms with Crippen LogP contribution in [0.3, 0.4) is 0 Å². The molecule has 264 valence electrons. The van der Waals surface area contributed by atoms with Gasteiger partial charge in [-0.3, -0.25) is 19.6 Å². The Bertz CT molecular complexity index is 1170. The van der Waals surface area contributed by atoms with E-state index in [0.29, 0.717) is 24.4 Å². The van der Waals surface area contributed by atoms with Crippen molar-refractivity contribution in [2.75, 3.05) is 0 Å². The number of carbonyl (C=O) groups is 2. The number of alkyl halides is 2. The van der Waals surface area contributed by atoms with Gasteiger partial charge < -0.3 is 8.23 Å². The van der Waals surface area contributed by atoms with Gasteiger partial charge in [0.2, 0.25) is 0 Å². The molecule has 0 aromatic carbocycles. The molecule has 2 atom stereocenters. The lowest BCUT2D eigenvalue weighted by Crippen LogP contribution is -2.52. The molecule has 47 heavy (non-hydrogen) atoms. The van der Waals surface area contributed by atoms with Gasteiger partial charge in [-0.2, -0.15) is 0 Å². The van der Waals surface area contributed by atoms with E-state index < -0.39 is 25.2 Å². The largest absolute Gasteiger partial charge is 0.437 e.